The van der Waals surface area contributed by atoms with Crippen LogP contribution in [-0.2, 0) is 6.18 Å². The Hall–Kier alpha value is -2.72. The molecule has 0 saturated carbocycles. The van der Waals surface area contributed by atoms with Crippen molar-refractivity contribution in [2.45, 2.75) is 32.6 Å². The molecule has 0 aliphatic heterocycles. The Kier molecular flexibility index (Phi) is 7.15. The Morgan fingerprint density at radius 1 is 1.00 bits per heavy atom. The van der Waals surface area contributed by atoms with E-state index in [4.69, 9.17) is 4.74 Å². The highest BCUT2D eigenvalue weighted by atomic mass is 19.4. The second-order valence-electron chi connectivity index (χ2n) is 5.85. The third-order valence-corrected chi connectivity index (χ3v) is 3.59. The molecule has 1 aromatic carbocycles. The predicted octanol–water partition coefficient (Wildman–Crippen LogP) is 5.38. The molecule has 0 N–H and O–H groups in total. The maximum atomic E-state index is 13.1. The van der Waals surface area contributed by atoms with E-state index in [0.29, 0.717) is 24.2 Å². The molecule has 0 fully saturated rings. The lowest BCUT2D eigenvalue weighted by atomic mass is 10.2. The molecule has 11 heteroatoms. The molecule has 0 bridgehead atoms. The number of halogens is 6. The topological polar surface area (TPSA) is 47.5 Å². The Labute approximate surface area is 163 Å². The predicted molar refractivity (Wildman–Crippen MR) is 93.5 cm³/mol. The number of ether oxygens (including phenoxy) is 2. The summed E-state index contributed by atoms with van der Waals surface area (Å²) in [5, 5.41) is 0. The van der Waals surface area contributed by atoms with Gasteiger partial charge in [0.05, 0.1) is 12.3 Å². The summed E-state index contributed by atoms with van der Waals surface area (Å²) in [7, 11) is 0. The van der Waals surface area contributed by atoms with E-state index in [1.807, 2.05) is 6.92 Å². The van der Waals surface area contributed by atoms with Crippen LogP contribution in [0.2, 0.25) is 0 Å². The fourth-order valence-electron chi connectivity index (χ4n) is 2.38. The van der Waals surface area contributed by atoms with Crippen LogP contribution in [0.3, 0.4) is 0 Å². The van der Waals surface area contributed by atoms with Crippen molar-refractivity contribution in [2.75, 3.05) is 24.7 Å². The Morgan fingerprint density at radius 3 is 2.28 bits per heavy atom. The first-order chi connectivity index (χ1) is 13.6. The number of para-hydroxylation sites is 2. The molecule has 2 rings (SSSR count). The van der Waals surface area contributed by atoms with Gasteiger partial charge in [0.2, 0.25) is 11.8 Å². The summed E-state index contributed by atoms with van der Waals surface area (Å²) in [6, 6.07) is 6.71. The van der Waals surface area contributed by atoms with Gasteiger partial charge in [-0.05, 0) is 25.5 Å². The van der Waals surface area contributed by atoms with E-state index in [2.05, 4.69) is 14.7 Å². The average Bonchev–Trinajstić information content (AvgIpc) is 2.65. The van der Waals surface area contributed by atoms with Gasteiger partial charge >= 0.3 is 12.4 Å². The van der Waals surface area contributed by atoms with Crippen molar-refractivity contribution in [3.63, 3.8) is 0 Å². The van der Waals surface area contributed by atoms with Gasteiger partial charge in [0.1, 0.15) is 11.3 Å². The molecule has 0 aliphatic rings. The zero-order valence-electron chi connectivity index (χ0n) is 15.6. The van der Waals surface area contributed by atoms with Crippen molar-refractivity contribution >= 4 is 11.6 Å². The lowest BCUT2D eigenvalue weighted by Gasteiger charge is -2.24. The molecule has 0 radical (unpaired) electrons. The monoisotopic (exact) mass is 423 g/mol. The van der Waals surface area contributed by atoms with Crippen LogP contribution in [0.1, 0.15) is 25.8 Å². The van der Waals surface area contributed by atoms with E-state index in [-0.39, 0.29) is 12.5 Å². The van der Waals surface area contributed by atoms with Gasteiger partial charge in [-0.2, -0.15) is 31.3 Å². The van der Waals surface area contributed by atoms with Crippen LogP contribution in [0.5, 0.6) is 11.6 Å². The maximum absolute atomic E-state index is 13.1. The fraction of sp³-hybridized carbons (Fsp3) is 0.444. The van der Waals surface area contributed by atoms with Crippen molar-refractivity contribution in [3.05, 3.63) is 36.0 Å². The van der Waals surface area contributed by atoms with Crippen LogP contribution in [0.4, 0.5) is 38.0 Å². The SMILES string of the molecule is CCCOc1ccccc1N(CC)c1ncc(C(F)(F)F)c(OCC(F)(F)F)n1. The van der Waals surface area contributed by atoms with Crippen LogP contribution in [0.25, 0.3) is 0 Å². The van der Waals surface area contributed by atoms with Gasteiger partial charge in [-0.3, -0.25) is 0 Å². The van der Waals surface area contributed by atoms with Gasteiger partial charge in [-0.15, -0.1) is 0 Å². The summed E-state index contributed by atoms with van der Waals surface area (Å²) >= 11 is 0. The third-order valence-electron chi connectivity index (χ3n) is 3.59. The molecule has 0 spiro atoms. The highest BCUT2D eigenvalue weighted by molar-refractivity contribution is 5.65. The highest BCUT2D eigenvalue weighted by Crippen LogP contribution is 2.38. The fourth-order valence-corrected chi connectivity index (χ4v) is 2.38. The molecule has 29 heavy (non-hydrogen) atoms. The number of anilines is 2. The first-order valence-electron chi connectivity index (χ1n) is 8.70. The van der Waals surface area contributed by atoms with E-state index in [1.54, 1.807) is 31.2 Å². The van der Waals surface area contributed by atoms with Crippen molar-refractivity contribution < 1.29 is 35.8 Å². The third kappa shape index (κ3) is 6.13. The summed E-state index contributed by atoms with van der Waals surface area (Å²) in [6.45, 7) is 2.31. The Bertz CT molecular complexity index is 811. The maximum Gasteiger partial charge on any atom is 0.423 e. The van der Waals surface area contributed by atoms with Gasteiger partial charge in [0, 0.05) is 12.7 Å². The highest BCUT2D eigenvalue weighted by Gasteiger charge is 2.38. The normalized spacial score (nSPS) is 12.0. The minimum Gasteiger partial charge on any atom is -0.491 e. The van der Waals surface area contributed by atoms with E-state index in [1.165, 1.54) is 4.90 Å². The molecule has 1 aromatic heterocycles. The quantitative estimate of drug-likeness (QED) is 0.534. The summed E-state index contributed by atoms with van der Waals surface area (Å²) in [5.41, 5.74) is -1.03. The standard InChI is InChI=1S/C18H19F6N3O2/c1-3-9-28-14-8-6-5-7-13(14)27(4-2)16-25-10-12(18(22,23)24)15(26-16)29-11-17(19,20)21/h5-8,10H,3-4,9,11H2,1-2H3. The minimum absolute atomic E-state index is 0.219. The van der Waals surface area contributed by atoms with Crippen LogP contribution < -0.4 is 14.4 Å². The van der Waals surface area contributed by atoms with Crippen molar-refractivity contribution in [3.8, 4) is 11.6 Å². The average molecular weight is 423 g/mol. The summed E-state index contributed by atoms with van der Waals surface area (Å²) in [5.74, 6) is -0.993. The van der Waals surface area contributed by atoms with Crippen molar-refractivity contribution in [1.29, 1.82) is 0 Å². The minimum atomic E-state index is -4.97. The van der Waals surface area contributed by atoms with Gasteiger partial charge < -0.3 is 14.4 Å². The number of aromatic nitrogens is 2. The second-order valence-corrected chi connectivity index (χ2v) is 5.85. The number of nitrogens with zero attached hydrogens (tertiary/aromatic N) is 3. The van der Waals surface area contributed by atoms with Gasteiger partial charge in [-0.25, -0.2) is 4.98 Å². The number of hydrogen-bond donors (Lipinski definition) is 0. The first kappa shape index (κ1) is 22.6. The molecular weight excluding hydrogens is 404 g/mol. The van der Waals surface area contributed by atoms with Gasteiger partial charge in [-0.1, -0.05) is 19.1 Å². The van der Waals surface area contributed by atoms with Crippen LogP contribution in [0.15, 0.2) is 30.5 Å². The molecule has 0 aliphatic carbocycles. The molecule has 0 atom stereocenters. The van der Waals surface area contributed by atoms with Crippen molar-refractivity contribution in [1.82, 2.24) is 9.97 Å². The first-order valence-corrected chi connectivity index (χ1v) is 8.70. The second kappa shape index (κ2) is 9.19. The smallest absolute Gasteiger partial charge is 0.423 e. The van der Waals surface area contributed by atoms with E-state index in [0.717, 1.165) is 6.42 Å². The molecule has 5 nitrogen and oxygen atoms in total. The van der Waals surface area contributed by atoms with E-state index >= 15 is 0 Å². The number of alkyl halides is 6. The molecule has 0 amide bonds. The zero-order valence-corrected chi connectivity index (χ0v) is 15.6. The number of rotatable bonds is 8. The largest absolute Gasteiger partial charge is 0.491 e. The van der Waals surface area contributed by atoms with Crippen LogP contribution in [0, 0.1) is 0 Å². The molecule has 160 valence electrons. The number of hydrogen-bond acceptors (Lipinski definition) is 5. The van der Waals surface area contributed by atoms with Gasteiger partial charge in [0.15, 0.2) is 6.61 Å². The number of benzene rings is 1. The zero-order chi connectivity index (χ0) is 21.7. The lowest BCUT2D eigenvalue weighted by Crippen LogP contribution is -2.24. The summed E-state index contributed by atoms with van der Waals surface area (Å²) in [6.07, 6.45) is -8.66. The molecule has 0 unspecified atom stereocenters. The van der Waals surface area contributed by atoms with Gasteiger partial charge in [0.25, 0.3) is 0 Å². The molecule has 2 aromatic rings. The molecule has 1 heterocycles. The summed E-state index contributed by atoms with van der Waals surface area (Å²) in [4.78, 5) is 8.75. The Morgan fingerprint density at radius 2 is 1.69 bits per heavy atom. The molecule has 0 saturated heterocycles. The van der Waals surface area contributed by atoms with Crippen LogP contribution in [-0.4, -0.2) is 35.9 Å². The van der Waals surface area contributed by atoms with E-state index < -0.39 is 30.4 Å². The molecular formula is C18H19F6N3O2. The van der Waals surface area contributed by atoms with Crippen LogP contribution >= 0.6 is 0 Å². The Balaban J connectivity index is 2.47. The van der Waals surface area contributed by atoms with Crippen molar-refractivity contribution in [2.24, 2.45) is 0 Å². The van der Waals surface area contributed by atoms with E-state index in [9.17, 15) is 26.3 Å². The lowest BCUT2D eigenvalue weighted by molar-refractivity contribution is -0.159. The summed E-state index contributed by atoms with van der Waals surface area (Å²) < 4.78 is 86.7.